The molecule has 4 rings (SSSR count). The van der Waals surface area contributed by atoms with Crippen molar-refractivity contribution in [2.45, 2.75) is 85.0 Å². The van der Waals surface area contributed by atoms with Crippen LogP contribution in [0.4, 0.5) is 4.79 Å². The summed E-state index contributed by atoms with van der Waals surface area (Å²) in [4.78, 5) is 28.6. The number of carbonyl (C=O) groups excluding carboxylic acids is 2. The smallest absolute Gasteiger partial charge is 0.412 e. The normalized spacial score (nSPS) is 23.3. The first-order valence-electron chi connectivity index (χ1n) is 11.5. The number of aryl methyl sites for hydroxylation is 3. The Morgan fingerprint density at radius 1 is 1.09 bits per heavy atom. The zero-order valence-corrected chi connectivity index (χ0v) is 20.0. The Balaban J connectivity index is 1.61. The van der Waals surface area contributed by atoms with Crippen LogP contribution in [0.3, 0.4) is 0 Å². The third-order valence-corrected chi connectivity index (χ3v) is 7.41. The molecule has 1 aromatic carbocycles. The molecule has 2 bridgehead atoms. The molecule has 2 aliphatic heterocycles. The van der Waals surface area contributed by atoms with Crippen LogP contribution < -0.4 is 5.32 Å². The second-order valence-electron chi connectivity index (χ2n) is 10.3. The van der Waals surface area contributed by atoms with Crippen molar-refractivity contribution in [3.8, 4) is 0 Å². The van der Waals surface area contributed by atoms with Gasteiger partial charge in [-0.05, 0) is 75.1 Å². The van der Waals surface area contributed by atoms with Crippen LogP contribution in [0.25, 0.3) is 0 Å². The summed E-state index contributed by atoms with van der Waals surface area (Å²) in [5.74, 6) is 0.809. The summed E-state index contributed by atoms with van der Waals surface area (Å²) in [6, 6.07) is 9.46. The highest BCUT2D eigenvalue weighted by atomic mass is 16.6. The van der Waals surface area contributed by atoms with Crippen molar-refractivity contribution >= 4 is 12.0 Å². The zero-order valence-electron chi connectivity index (χ0n) is 20.0. The van der Waals surface area contributed by atoms with E-state index in [9.17, 15) is 9.59 Å². The van der Waals surface area contributed by atoms with Crippen LogP contribution in [0, 0.1) is 26.2 Å². The second-order valence-corrected chi connectivity index (χ2v) is 10.3. The Bertz CT molecular complexity index is 1000. The van der Waals surface area contributed by atoms with Crippen LogP contribution in [-0.4, -0.2) is 28.5 Å². The molecule has 0 spiro atoms. The molecule has 2 fully saturated rings. The monoisotopic (exact) mass is 438 g/mol. The lowest BCUT2D eigenvalue weighted by atomic mass is 9.69. The summed E-state index contributed by atoms with van der Waals surface area (Å²) in [6.45, 7) is 12.2. The lowest BCUT2D eigenvalue weighted by Crippen LogP contribution is -2.54. The first-order valence-corrected chi connectivity index (χ1v) is 11.5. The Hall–Kier alpha value is -2.76. The molecule has 2 aliphatic rings. The minimum atomic E-state index is -1.00. The van der Waals surface area contributed by atoms with E-state index in [1.807, 2.05) is 43.9 Å². The SMILES string of the molecule is Cc1ccc(C(NC(=O)c2c(C)cccc2C)OC(=O)N2C3CCC2(C(C)(C)C)CC3)o1. The highest BCUT2D eigenvalue weighted by molar-refractivity contribution is 5.97. The minimum Gasteiger partial charge on any atom is -0.460 e. The van der Waals surface area contributed by atoms with E-state index >= 15 is 0 Å². The summed E-state index contributed by atoms with van der Waals surface area (Å²) in [7, 11) is 0. The van der Waals surface area contributed by atoms with E-state index in [1.165, 1.54) is 0 Å². The van der Waals surface area contributed by atoms with Crippen molar-refractivity contribution in [3.05, 3.63) is 58.5 Å². The molecule has 0 saturated carbocycles. The van der Waals surface area contributed by atoms with Crippen LogP contribution >= 0.6 is 0 Å². The van der Waals surface area contributed by atoms with Gasteiger partial charge < -0.3 is 14.5 Å². The van der Waals surface area contributed by atoms with Crippen molar-refractivity contribution in [1.29, 1.82) is 0 Å². The Morgan fingerprint density at radius 2 is 1.72 bits per heavy atom. The average molecular weight is 439 g/mol. The summed E-state index contributed by atoms with van der Waals surface area (Å²) < 4.78 is 11.7. The molecular weight excluding hydrogens is 404 g/mol. The number of hydrogen-bond donors (Lipinski definition) is 1. The van der Waals surface area contributed by atoms with E-state index in [1.54, 1.807) is 12.1 Å². The average Bonchev–Trinajstić information content (AvgIpc) is 3.40. The maximum atomic E-state index is 13.5. The van der Waals surface area contributed by atoms with Gasteiger partial charge in [-0.15, -0.1) is 0 Å². The predicted molar refractivity (Wildman–Crippen MR) is 122 cm³/mol. The van der Waals surface area contributed by atoms with Crippen LogP contribution in [-0.2, 0) is 4.74 Å². The number of hydrogen-bond acceptors (Lipinski definition) is 4. The minimum absolute atomic E-state index is 0.0600. The number of benzene rings is 1. The quantitative estimate of drug-likeness (QED) is 0.611. The maximum Gasteiger partial charge on any atom is 0.412 e. The fourth-order valence-electron chi connectivity index (χ4n) is 5.64. The highest BCUT2D eigenvalue weighted by Gasteiger charge is 2.60. The predicted octanol–water partition coefficient (Wildman–Crippen LogP) is 5.81. The lowest BCUT2D eigenvalue weighted by Gasteiger charge is -2.45. The van der Waals surface area contributed by atoms with Gasteiger partial charge >= 0.3 is 6.09 Å². The van der Waals surface area contributed by atoms with E-state index in [2.05, 4.69) is 26.1 Å². The van der Waals surface area contributed by atoms with Gasteiger partial charge in [-0.1, -0.05) is 39.0 Å². The van der Waals surface area contributed by atoms with Gasteiger partial charge in [0.2, 0.25) is 6.23 Å². The number of carbonyl (C=O) groups is 2. The van der Waals surface area contributed by atoms with Gasteiger partial charge in [-0.3, -0.25) is 9.69 Å². The first kappa shape index (κ1) is 22.4. The number of nitrogens with zero attached hydrogens (tertiary/aromatic N) is 1. The van der Waals surface area contributed by atoms with Gasteiger partial charge in [-0.2, -0.15) is 0 Å². The molecule has 1 N–H and O–H groups in total. The molecule has 32 heavy (non-hydrogen) atoms. The Morgan fingerprint density at radius 3 is 2.25 bits per heavy atom. The number of nitrogens with one attached hydrogen (secondary N) is 1. The van der Waals surface area contributed by atoms with Gasteiger partial charge in [0, 0.05) is 11.6 Å². The van der Waals surface area contributed by atoms with Crippen molar-refractivity contribution in [3.63, 3.8) is 0 Å². The van der Waals surface area contributed by atoms with E-state index in [4.69, 9.17) is 9.15 Å². The first-order chi connectivity index (χ1) is 15.0. The van der Waals surface area contributed by atoms with Crippen LogP contribution in [0.2, 0.25) is 0 Å². The van der Waals surface area contributed by atoms with Crippen molar-refractivity contribution in [1.82, 2.24) is 10.2 Å². The van der Waals surface area contributed by atoms with E-state index in [0.717, 1.165) is 36.8 Å². The molecule has 6 nitrogen and oxygen atoms in total. The van der Waals surface area contributed by atoms with Gasteiger partial charge in [0.15, 0.2) is 5.76 Å². The molecule has 2 aromatic rings. The Labute approximate surface area is 190 Å². The van der Waals surface area contributed by atoms with E-state index in [-0.39, 0.29) is 29.0 Å². The summed E-state index contributed by atoms with van der Waals surface area (Å²) in [5, 5.41) is 2.90. The summed E-state index contributed by atoms with van der Waals surface area (Å²) in [5.41, 5.74) is 2.05. The molecule has 172 valence electrons. The van der Waals surface area contributed by atoms with Crippen molar-refractivity contribution in [2.24, 2.45) is 5.41 Å². The van der Waals surface area contributed by atoms with E-state index in [0.29, 0.717) is 17.1 Å². The standard InChI is InChI=1S/C26H34N2O4/c1-16-8-7-9-17(2)21(16)22(29)27-23(20-11-10-18(3)31-20)32-24(30)28-19-12-14-26(28,15-13-19)25(4,5)6/h7-11,19,23H,12-15H2,1-6H3,(H,27,29). The molecule has 2 saturated heterocycles. The van der Waals surface area contributed by atoms with Crippen molar-refractivity contribution in [2.75, 3.05) is 0 Å². The van der Waals surface area contributed by atoms with Gasteiger partial charge in [0.1, 0.15) is 5.76 Å². The third kappa shape index (κ3) is 3.70. The van der Waals surface area contributed by atoms with Gasteiger partial charge in [0.05, 0.1) is 5.54 Å². The fraction of sp³-hybridized carbons (Fsp3) is 0.538. The second kappa shape index (κ2) is 7.98. The van der Waals surface area contributed by atoms with Gasteiger partial charge in [-0.25, -0.2) is 4.79 Å². The maximum absolute atomic E-state index is 13.5. The molecule has 1 atom stereocenters. The lowest BCUT2D eigenvalue weighted by molar-refractivity contribution is -0.00508. The topological polar surface area (TPSA) is 71.8 Å². The molecule has 2 amide bonds. The number of fused-ring (bicyclic) bond motifs is 2. The molecule has 1 aromatic heterocycles. The molecule has 3 heterocycles. The summed E-state index contributed by atoms with van der Waals surface area (Å²) in [6.07, 6.45) is 2.56. The fourth-order valence-corrected chi connectivity index (χ4v) is 5.64. The highest BCUT2D eigenvalue weighted by Crippen LogP contribution is 2.55. The van der Waals surface area contributed by atoms with Crippen molar-refractivity contribution < 1.29 is 18.7 Å². The molecule has 0 aliphatic carbocycles. The number of furan rings is 1. The van der Waals surface area contributed by atoms with Crippen LogP contribution in [0.15, 0.2) is 34.7 Å². The number of amides is 2. The summed E-state index contributed by atoms with van der Waals surface area (Å²) >= 11 is 0. The van der Waals surface area contributed by atoms with Crippen LogP contribution in [0.5, 0.6) is 0 Å². The zero-order chi connectivity index (χ0) is 23.3. The van der Waals surface area contributed by atoms with Crippen LogP contribution in [0.1, 0.15) is 85.7 Å². The van der Waals surface area contributed by atoms with E-state index < -0.39 is 6.23 Å². The molecule has 1 unspecified atom stereocenters. The largest absolute Gasteiger partial charge is 0.460 e. The van der Waals surface area contributed by atoms with Gasteiger partial charge in [0.25, 0.3) is 5.91 Å². The number of ether oxygens (including phenoxy) is 1. The third-order valence-electron chi connectivity index (χ3n) is 7.41. The molecular formula is C26H34N2O4. The number of rotatable bonds is 4. The Kier molecular flexibility index (Phi) is 5.60. The molecule has 6 heteroatoms. The molecule has 0 radical (unpaired) electrons.